The van der Waals surface area contributed by atoms with Crippen LogP contribution in [0.4, 0.5) is 0 Å². The molecule has 2 aliphatic rings. The van der Waals surface area contributed by atoms with E-state index in [0.29, 0.717) is 0 Å². The van der Waals surface area contributed by atoms with E-state index in [-0.39, 0.29) is 0 Å². The maximum absolute atomic E-state index is 3.91. The largest absolute Gasteiger partial charge is 0.438 e. The summed E-state index contributed by atoms with van der Waals surface area (Å²) < 4.78 is 0. The number of nitrogens with zero attached hydrogens (tertiary/aromatic N) is 3. The number of rotatable bonds is 0. The molecular formula is C5H8N4+2. The number of hydrogen-bond acceptors (Lipinski definition) is 2. The summed E-state index contributed by atoms with van der Waals surface area (Å²) >= 11 is 0. The minimum atomic E-state index is 0.861. The first kappa shape index (κ1) is 4.77. The van der Waals surface area contributed by atoms with E-state index in [1.165, 1.54) is 0 Å². The summed E-state index contributed by atoms with van der Waals surface area (Å²) in [7, 11) is 0. The molecule has 0 aromatic rings. The molecule has 2 heterocycles. The van der Waals surface area contributed by atoms with Crippen molar-refractivity contribution in [3.05, 3.63) is 0 Å². The lowest BCUT2D eigenvalue weighted by atomic mass is 10.4. The molecule has 4 nitrogen and oxygen atoms in total. The first-order valence-electron chi connectivity index (χ1n) is 3.04. The Hall–Kier alpha value is -1.08. The van der Waals surface area contributed by atoms with Crippen LogP contribution in [0.25, 0.3) is 0 Å². The number of fused-ring (bicyclic) bond motifs is 1. The molecule has 4 heteroatoms. The van der Waals surface area contributed by atoms with Gasteiger partial charge in [-0.15, -0.1) is 0 Å². The Bertz CT molecular complexity index is 219. The molecule has 1 N–H and O–H groups in total. The lowest BCUT2D eigenvalue weighted by molar-refractivity contribution is -0.540. The second kappa shape index (κ2) is 1.71. The van der Waals surface area contributed by atoms with Gasteiger partial charge in [-0.3, -0.25) is 0 Å². The van der Waals surface area contributed by atoms with Crippen molar-refractivity contribution in [2.24, 2.45) is 0 Å². The van der Waals surface area contributed by atoms with Gasteiger partial charge >= 0.3 is 12.2 Å². The van der Waals surface area contributed by atoms with Crippen LogP contribution >= 0.6 is 0 Å². The van der Waals surface area contributed by atoms with Gasteiger partial charge in [0.25, 0.3) is 0 Å². The Kier molecular flexibility index (Phi) is 0.904. The van der Waals surface area contributed by atoms with E-state index in [1.54, 1.807) is 6.34 Å². The highest BCUT2D eigenvalue weighted by Gasteiger charge is 2.31. The Labute approximate surface area is 52.6 Å². The van der Waals surface area contributed by atoms with Gasteiger partial charge < -0.3 is 5.32 Å². The van der Waals surface area contributed by atoms with Gasteiger partial charge in [0.15, 0.2) is 0 Å². The molecule has 0 spiro atoms. The Morgan fingerprint density at radius 2 is 2.67 bits per heavy atom. The number of amidine groups is 1. The second-order valence-corrected chi connectivity index (χ2v) is 2.12. The van der Waals surface area contributed by atoms with Crippen LogP contribution in [0.1, 0.15) is 0 Å². The SMILES string of the molecule is C1=[N+]=[N+]=C2CNCCN12. The van der Waals surface area contributed by atoms with Crippen molar-refractivity contribution in [2.45, 2.75) is 0 Å². The Balaban J connectivity index is 2.29. The van der Waals surface area contributed by atoms with Gasteiger partial charge in [0.2, 0.25) is 0 Å². The van der Waals surface area contributed by atoms with Crippen LogP contribution in [-0.4, -0.2) is 46.3 Å². The van der Waals surface area contributed by atoms with Crippen LogP contribution in [0.3, 0.4) is 0 Å². The maximum Gasteiger partial charge on any atom is 0.438 e. The molecule has 2 aliphatic heterocycles. The van der Waals surface area contributed by atoms with E-state index < -0.39 is 0 Å². The van der Waals surface area contributed by atoms with Crippen LogP contribution in [-0.2, 0) is 0 Å². The molecule has 0 aromatic heterocycles. The van der Waals surface area contributed by atoms with Gasteiger partial charge in [-0.1, -0.05) is 0 Å². The first-order valence-corrected chi connectivity index (χ1v) is 3.04. The molecule has 0 aromatic carbocycles. The minimum absolute atomic E-state index is 0.861. The van der Waals surface area contributed by atoms with Crippen molar-refractivity contribution in [3.8, 4) is 0 Å². The number of hydrogen-bond donors (Lipinski definition) is 1. The summed E-state index contributed by atoms with van der Waals surface area (Å²) in [4.78, 5) is 9.75. The zero-order chi connectivity index (χ0) is 6.10. The fourth-order valence-electron chi connectivity index (χ4n) is 1.00. The van der Waals surface area contributed by atoms with E-state index >= 15 is 0 Å². The van der Waals surface area contributed by atoms with Crippen LogP contribution < -0.4 is 5.32 Å². The molecule has 0 aliphatic carbocycles. The van der Waals surface area contributed by atoms with Crippen LogP contribution in [0.5, 0.6) is 0 Å². The predicted octanol–water partition coefficient (Wildman–Crippen LogP) is -1.80. The van der Waals surface area contributed by atoms with Crippen molar-refractivity contribution in [3.63, 3.8) is 0 Å². The zero-order valence-corrected chi connectivity index (χ0v) is 5.04. The highest BCUT2D eigenvalue weighted by molar-refractivity contribution is 5.89. The molecule has 0 amide bonds. The van der Waals surface area contributed by atoms with Crippen molar-refractivity contribution >= 4 is 12.2 Å². The van der Waals surface area contributed by atoms with Crippen LogP contribution in [0.15, 0.2) is 0 Å². The molecule has 2 rings (SSSR count). The molecule has 1 saturated heterocycles. The van der Waals surface area contributed by atoms with Crippen molar-refractivity contribution in [1.29, 1.82) is 0 Å². The van der Waals surface area contributed by atoms with Gasteiger partial charge in [0.05, 0.1) is 9.58 Å². The molecule has 0 bridgehead atoms. The lowest BCUT2D eigenvalue weighted by Gasteiger charge is -2.10. The monoisotopic (exact) mass is 124 g/mol. The van der Waals surface area contributed by atoms with Crippen molar-refractivity contribution < 1.29 is 9.58 Å². The summed E-state index contributed by atoms with van der Waals surface area (Å²) in [5, 5.41) is 3.20. The van der Waals surface area contributed by atoms with Gasteiger partial charge in [0.1, 0.15) is 13.1 Å². The third-order valence-corrected chi connectivity index (χ3v) is 1.51. The average molecular weight is 124 g/mol. The van der Waals surface area contributed by atoms with E-state index in [1.807, 2.05) is 0 Å². The third-order valence-electron chi connectivity index (χ3n) is 1.51. The molecule has 9 heavy (non-hydrogen) atoms. The fraction of sp³-hybridized carbons (Fsp3) is 0.600. The van der Waals surface area contributed by atoms with Crippen LogP contribution in [0, 0.1) is 0 Å². The molecule has 0 unspecified atom stereocenters. The highest BCUT2D eigenvalue weighted by atomic mass is 15.3. The summed E-state index contributed by atoms with van der Waals surface area (Å²) in [6.07, 6.45) is 1.77. The quantitative estimate of drug-likeness (QED) is 0.387. The molecular weight excluding hydrogens is 116 g/mol. The Morgan fingerprint density at radius 1 is 1.67 bits per heavy atom. The van der Waals surface area contributed by atoms with Crippen molar-refractivity contribution in [2.75, 3.05) is 19.6 Å². The third kappa shape index (κ3) is 0.661. The van der Waals surface area contributed by atoms with Crippen LogP contribution in [0.2, 0.25) is 0 Å². The van der Waals surface area contributed by atoms with Gasteiger partial charge in [-0.05, 0) is 0 Å². The highest BCUT2D eigenvalue weighted by Crippen LogP contribution is 1.89. The predicted molar refractivity (Wildman–Crippen MR) is 31.2 cm³/mol. The Morgan fingerprint density at radius 3 is 3.56 bits per heavy atom. The van der Waals surface area contributed by atoms with Gasteiger partial charge in [0, 0.05) is 6.54 Å². The fourth-order valence-corrected chi connectivity index (χ4v) is 1.00. The van der Waals surface area contributed by atoms with E-state index in [2.05, 4.69) is 19.8 Å². The summed E-state index contributed by atoms with van der Waals surface area (Å²) in [6, 6.07) is 0. The smallest absolute Gasteiger partial charge is 0.301 e. The summed E-state index contributed by atoms with van der Waals surface area (Å²) in [5.74, 6) is 1.04. The first-order chi connectivity index (χ1) is 4.47. The molecule has 1 fully saturated rings. The topological polar surface area (TPSA) is 43.5 Å². The van der Waals surface area contributed by atoms with Gasteiger partial charge in [-0.25, -0.2) is 0 Å². The average Bonchev–Trinajstić information content (AvgIpc) is 2.33. The van der Waals surface area contributed by atoms with E-state index in [0.717, 1.165) is 25.5 Å². The maximum atomic E-state index is 3.91. The number of piperazine rings is 1. The molecule has 46 valence electrons. The van der Waals surface area contributed by atoms with E-state index in [4.69, 9.17) is 0 Å². The molecule has 0 radical (unpaired) electrons. The van der Waals surface area contributed by atoms with Gasteiger partial charge in [-0.2, -0.15) is 4.90 Å². The van der Waals surface area contributed by atoms with E-state index in [9.17, 15) is 0 Å². The summed E-state index contributed by atoms with van der Waals surface area (Å²) in [6.45, 7) is 2.90. The molecule has 0 saturated carbocycles. The minimum Gasteiger partial charge on any atom is -0.301 e. The zero-order valence-electron chi connectivity index (χ0n) is 5.04. The van der Waals surface area contributed by atoms with Crippen molar-refractivity contribution in [1.82, 2.24) is 10.2 Å². The lowest BCUT2D eigenvalue weighted by Crippen LogP contribution is -2.46. The second-order valence-electron chi connectivity index (χ2n) is 2.12. The standard InChI is InChI=1S/C5H8N4/c1-2-9-4-7-8-5(9)3-6-1/h4,6H,1-3H2/q+2. The molecule has 0 atom stereocenters. The normalized spacial score (nSPS) is 22.2. The number of nitrogens with one attached hydrogen (secondary N) is 1. The summed E-state index contributed by atoms with van der Waals surface area (Å²) in [5.41, 5.74) is 0.